The van der Waals surface area contributed by atoms with Gasteiger partial charge in [-0.2, -0.15) is 0 Å². The normalized spacial score (nSPS) is 10.4. The van der Waals surface area contributed by atoms with E-state index in [1.54, 1.807) is 12.1 Å². The van der Waals surface area contributed by atoms with Crippen molar-refractivity contribution in [1.82, 2.24) is 5.48 Å². The first-order chi connectivity index (χ1) is 14.5. The zero-order valence-corrected chi connectivity index (χ0v) is 19.3. The Kier molecular flexibility index (Phi) is 11.3. The summed E-state index contributed by atoms with van der Waals surface area (Å²) in [6.07, 6.45) is 4.17. The van der Waals surface area contributed by atoms with E-state index in [9.17, 15) is 0 Å². The topological polar surface area (TPSA) is 39.7 Å². The highest BCUT2D eigenvalue weighted by Gasteiger charge is 2.10. The lowest BCUT2D eigenvalue weighted by Crippen LogP contribution is -2.13. The molecule has 0 heterocycles. The van der Waals surface area contributed by atoms with Gasteiger partial charge in [0, 0.05) is 12.1 Å². The fourth-order valence-corrected chi connectivity index (χ4v) is 3.12. The number of hydrogen-bond acceptors (Lipinski definition) is 4. The van der Waals surface area contributed by atoms with E-state index < -0.39 is 0 Å². The Labute approximate surface area is 197 Å². The molecule has 0 fully saturated rings. The molecule has 162 valence electrons. The highest BCUT2D eigenvalue weighted by atomic mass is 35.5. The van der Waals surface area contributed by atoms with Crippen LogP contribution in [-0.2, 0) is 4.84 Å². The first kappa shape index (κ1) is 24.7. The van der Waals surface area contributed by atoms with Crippen LogP contribution in [0.5, 0.6) is 11.5 Å². The van der Waals surface area contributed by atoms with Crippen molar-refractivity contribution >= 4 is 52.1 Å². The molecule has 1 N–H and O–H groups in total. The lowest BCUT2D eigenvalue weighted by molar-refractivity contribution is 0.0747. The lowest BCUT2D eigenvalue weighted by atomic mass is 10.2. The Morgan fingerprint density at radius 3 is 2.27 bits per heavy atom. The fourth-order valence-electron chi connectivity index (χ4n) is 2.42. The van der Waals surface area contributed by atoms with Gasteiger partial charge in [-0.1, -0.05) is 83.3 Å². The third kappa shape index (κ3) is 9.07. The van der Waals surface area contributed by atoms with Crippen molar-refractivity contribution in [1.29, 1.82) is 0 Å². The second-order valence-corrected chi connectivity index (χ2v) is 8.05. The predicted octanol–water partition coefficient (Wildman–Crippen LogP) is 7.43. The van der Waals surface area contributed by atoms with E-state index >= 15 is 0 Å². The van der Waals surface area contributed by atoms with E-state index in [1.165, 1.54) is 6.08 Å². The summed E-state index contributed by atoms with van der Waals surface area (Å²) < 4.78 is 11.3. The van der Waals surface area contributed by atoms with Crippen LogP contribution in [0.25, 0.3) is 5.70 Å². The Balaban J connectivity index is 1.62. The van der Waals surface area contributed by atoms with Crippen molar-refractivity contribution in [2.45, 2.75) is 19.3 Å². The van der Waals surface area contributed by atoms with Crippen molar-refractivity contribution in [3.63, 3.8) is 0 Å². The molecule has 0 atom stereocenters. The molecule has 2 aromatic rings. The van der Waals surface area contributed by atoms with Crippen LogP contribution in [-0.4, -0.2) is 19.8 Å². The molecule has 4 nitrogen and oxygen atoms in total. The number of hydroxylamine groups is 1. The van der Waals surface area contributed by atoms with Gasteiger partial charge in [-0.15, -0.1) is 0 Å². The number of benzene rings is 2. The molecule has 0 bridgehead atoms. The predicted molar refractivity (Wildman–Crippen MR) is 126 cm³/mol. The lowest BCUT2D eigenvalue weighted by Gasteiger charge is -2.12. The van der Waals surface area contributed by atoms with Gasteiger partial charge in [0.15, 0.2) is 5.75 Å². The maximum Gasteiger partial charge on any atom is 0.156 e. The van der Waals surface area contributed by atoms with Crippen LogP contribution in [0.3, 0.4) is 0 Å². The van der Waals surface area contributed by atoms with E-state index in [0.29, 0.717) is 34.8 Å². The molecule has 30 heavy (non-hydrogen) atoms. The van der Waals surface area contributed by atoms with Crippen molar-refractivity contribution in [2.24, 2.45) is 0 Å². The molecule has 0 aliphatic rings. The summed E-state index contributed by atoms with van der Waals surface area (Å²) in [5.74, 6) is 0.943. The van der Waals surface area contributed by atoms with Gasteiger partial charge in [0.2, 0.25) is 0 Å². The molecular formula is C22H23Cl4NO3. The summed E-state index contributed by atoms with van der Waals surface area (Å²) in [6, 6.07) is 13.1. The number of ether oxygens (including phenoxy) is 2. The standard InChI is InChI=1S/C22H23Cl4NO3/c1-16(17-8-4-2-5-9-17)27-30-12-7-3-6-11-29-22-19(23)14-18(15-20(22)24)28-13-10-21(25)26/h2,4-5,8-10,14-15,27H,1,3,6-7,11-13H2. The maximum absolute atomic E-state index is 6.24. The zero-order chi connectivity index (χ0) is 21.8. The Morgan fingerprint density at radius 1 is 0.933 bits per heavy atom. The molecule has 0 radical (unpaired) electrons. The largest absolute Gasteiger partial charge is 0.490 e. The second-order valence-electron chi connectivity index (χ2n) is 6.23. The van der Waals surface area contributed by atoms with Crippen LogP contribution in [0.2, 0.25) is 10.0 Å². The van der Waals surface area contributed by atoms with Gasteiger partial charge in [-0.05, 0) is 30.9 Å². The number of hydrogen-bond donors (Lipinski definition) is 1. The van der Waals surface area contributed by atoms with Crippen molar-refractivity contribution in [3.05, 3.63) is 75.2 Å². The SMILES string of the molecule is C=C(NOCCCCCOc1c(Cl)cc(OCC=C(Cl)Cl)cc1Cl)c1ccccc1. The quantitative estimate of drug-likeness (QED) is 0.234. The van der Waals surface area contributed by atoms with Crippen LogP contribution in [0.4, 0.5) is 0 Å². The van der Waals surface area contributed by atoms with Crippen molar-refractivity contribution in [2.75, 3.05) is 19.8 Å². The number of rotatable bonds is 13. The fraction of sp³-hybridized carbons (Fsp3) is 0.273. The van der Waals surface area contributed by atoms with E-state index in [2.05, 4.69) is 12.1 Å². The number of unbranched alkanes of at least 4 members (excludes halogenated alkanes) is 2. The summed E-state index contributed by atoms with van der Waals surface area (Å²) in [6.45, 7) is 5.23. The molecule has 0 aliphatic heterocycles. The van der Waals surface area contributed by atoms with E-state index in [-0.39, 0.29) is 11.1 Å². The summed E-state index contributed by atoms with van der Waals surface area (Å²) in [5, 5.41) is 0.760. The molecule has 0 spiro atoms. The molecule has 0 aliphatic carbocycles. The van der Waals surface area contributed by atoms with Crippen LogP contribution in [0, 0.1) is 0 Å². The molecule has 0 saturated heterocycles. The zero-order valence-electron chi connectivity index (χ0n) is 16.3. The number of nitrogens with one attached hydrogen (secondary N) is 1. The average Bonchev–Trinajstić information content (AvgIpc) is 2.71. The minimum Gasteiger partial charge on any atom is -0.490 e. The summed E-state index contributed by atoms with van der Waals surface area (Å²) in [4.78, 5) is 5.45. The molecule has 0 amide bonds. The van der Waals surface area contributed by atoms with Gasteiger partial charge in [-0.25, -0.2) is 0 Å². The Hall–Kier alpha value is -1.56. The third-order valence-corrected chi connectivity index (χ3v) is 4.78. The average molecular weight is 491 g/mol. The van der Waals surface area contributed by atoms with Gasteiger partial charge in [0.1, 0.15) is 16.8 Å². The maximum atomic E-state index is 6.24. The smallest absolute Gasteiger partial charge is 0.156 e. The third-order valence-electron chi connectivity index (χ3n) is 3.91. The first-order valence-corrected chi connectivity index (χ1v) is 10.9. The van der Waals surface area contributed by atoms with E-state index in [1.807, 2.05) is 30.3 Å². The van der Waals surface area contributed by atoms with Gasteiger partial charge in [0.05, 0.1) is 29.0 Å². The van der Waals surface area contributed by atoms with Crippen molar-refractivity contribution in [3.8, 4) is 11.5 Å². The van der Waals surface area contributed by atoms with E-state index in [4.69, 9.17) is 60.7 Å². The molecule has 0 unspecified atom stereocenters. The monoisotopic (exact) mass is 489 g/mol. The number of halogens is 4. The van der Waals surface area contributed by atoms with Crippen LogP contribution < -0.4 is 15.0 Å². The summed E-state index contributed by atoms with van der Waals surface area (Å²) in [5.41, 5.74) is 4.60. The highest BCUT2D eigenvalue weighted by molar-refractivity contribution is 6.55. The van der Waals surface area contributed by atoms with Gasteiger partial charge in [-0.3, -0.25) is 10.3 Å². The molecule has 8 heteroatoms. The molecular weight excluding hydrogens is 468 g/mol. The highest BCUT2D eigenvalue weighted by Crippen LogP contribution is 2.37. The minimum atomic E-state index is 0.134. The van der Waals surface area contributed by atoms with Gasteiger partial charge >= 0.3 is 0 Å². The Morgan fingerprint density at radius 2 is 1.60 bits per heavy atom. The summed E-state index contributed by atoms with van der Waals surface area (Å²) in [7, 11) is 0. The van der Waals surface area contributed by atoms with E-state index in [0.717, 1.165) is 30.5 Å². The molecule has 0 aromatic heterocycles. The van der Waals surface area contributed by atoms with Gasteiger partial charge in [0.25, 0.3) is 0 Å². The van der Waals surface area contributed by atoms with Crippen LogP contribution in [0.15, 0.2) is 59.6 Å². The van der Waals surface area contributed by atoms with Crippen molar-refractivity contribution < 1.29 is 14.3 Å². The Bertz CT molecular complexity index is 817. The minimum absolute atomic E-state index is 0.134. The van der Waals surface area contributed by atoms with Crippen LogP contribution in [0.1, 0.15) is 24.8 Å². The molecule has 2 rings (SSSR count). The van der Waals surface area contributed by atoms with Crippen LogP contribution >= 0.6 is 46.4 Å². The first-order valence-electron chi connectivity index (χ1n) is 9.35. The second kappa shape index (κ2) is 13.7. The van der Waals surface area contributed by atoms with Gasteiger partial charge < -0.3 is 9.47 Å². The molecule has 2 aromatic carbocycles. The molecule has 0 saturated carbocycles. The summed E-state index contributed by atoms with van der Waals surface area (Å²) >= 11 is 23.6.